The van der Waals surface area contributed by atoms with Crippen LogP contribution in [0.3, 0.4) is 0 Å². The zero-order valence-corrected chi connectivity index (χ0v) is 10.4. The van der Waals surface area contributed by atoms with Crippen molar-refractivity contribution in [1.82, 2.24) is 5.43 Å². The lowest BCUT2D eigenvalue weighted by atomic mass is 10.2. The number of nitro benzene ring substituents is 1. The standard InChI is InChI=1S/C14H11N3O3/c18-14(12-8-4-5-9-13(12)17(19)20)16-15-10-11-6-2-1-3-7-11/h1-10H,(H,16,18)/b15-10+. The van der Waals surface area contributed by atoms with Gasteiger partial charge >= 0.3 is 0 Å². The molecule has 0 atom stereocenters. The molecule has 0 bridgehead atoms. The summed E-state index contributed by atoms with van der Waals surface area (Å²) < 4.78 is 0. The third-order valence-electron chi connectivity index (χ3n) is 2.52. The van der Waals surface area contributed by atoms with Crippen LogP contribution in [0.4, 0.5) is 5.69 Å². The number of rotatable bonds is 4. The number of benzene rings is 2. The minimum Gasteiger partial charge on any atom is -0.267 e. The highest BCUT2D eigenvalue weighted by molar-refractivity contribution is 5.98. The Morgan fingerprint density at radius 3 is 2.45 bits per heavy atom. The zero-order chi connectivity index (χ0) is 14.4. The van der Waals surface area contributed by atoms with E-state index in [1.165, 1.54) is 24.4 Å². The van der Waals surface area contributed by atoms with Gasteiger partial charge < -0.3 is 0 Å². The minimum absolute atomic E-state index is 0.0253. The van der Waals surface area contributed by atoms with Gasteiger partial charge in [-0.15, -0.1) is 0 Å². The van der Waals surface area contributed by atoms with Crippen LogP contribution in [-0.2, 0) is 0 Å². The van der Waals surface area contributed by atoms with Gasteiger partial charge in [-0.25, -0.2) is 5.43 Å². The molecule has 0 saturated heterocycles. The first-order valence-electron chi connectivity index (χ1n) is 5.80. The lowest BCUT2D eigenvalue weighted by Gasteiger charge is -2.00. The highest BCUT2D eigenvalue weighted by Gasteiger charge is 2.18. The van der Waals surface area contributed by atoms with Gasteiger partial charge in [-0.05, 0) is 11.6 Å². The molecule has 1 amide bonds. The maximum atomic E-state index is 11.8. The monoisotopic (exact) mass is 269 g/mol. The van der Waals surface area contributed by atoms with Crippen molar-refractivity contribution >= 4 is 17.8 Å². The Balaban J connectivity index is 2.10. The molecule has 0 spiro atoms. The quantitative estimate of drug-likeness (QED) is 0.525. The van der Waals surface area contributed by atoms with E-state index in [2.05, 4.69) is 10.5 Å². The first-order chi connectivity index (χ1) is 9.68. The van der Waals surface area contributed by atoms with Gasteiger partial charge in [0.25, 0.3) is 11.6 Å². The number of nitrogens with zero attached hydrogens (tertiary/aromatic N) is 2. The second-order valence-corrected chi connectivity index (χ2v) is 3.88. The average Bonchev–Trinajstić information content (AvgIpc) is 2.48. The van der Waals surface area contributed by atoms with Crippen LogP contribution < -0.4 is 5.43 Å². The SMILES string of the molecule is O=C(N/N=C/c1ccccc1)c1ccccc1[N+](=O)[O-]. The Morgan fingerprint density at radius 1 is 1.10 bits per heavy atom. The average molecular weight is 269 g/mol. The van der Waals surface area contributed by atoms with Crippen molar-refractivity contribution < 1.29 is 9.72 Å². The lowest BCUT2D eigenvalue weighted by molar-refractivity contribution is -0.385. The van der Waals surface area contributed by atoms with Crippen LogP contribution in [0.1, 0.15) is 15.9 Å². The molecule has 100 valence electrons. The maximum absolute atomic E-state index is 11.8. The van der Waals surface area contributed by atoms with E-state index in [1.807, 2.05) is 30.3 Å². The van der Waals surface area contributed by atoms with Gasteiger partial charge in [-0.2, -0.15) is 5.10 Å². The van der Waals surface area contributed by atoms with E-state index in [-0.39, 0.29) is 11.3 Å². The molecule has 0 aliphatic heterocycles. The van der Waals surface area contributed by atoms with E-state index in [0.29, 0.717) is 0 Å². The molecule has 2 aromatic carbocycles. The summed E-state index contributed by atoms with van der Waals surface area (Å²) in [5.41, 5.74) is 2.81. The van der Waals surface area contributed by atoms with Crippen molar-refractivity contribution in [3.8, 4) is 0 Å². The van der Waals surface area contributed by atoms with Gasteiger partial charge in [0, 0.05) is 6.07 Å². The summed E-state index contributed by atoms with van der Waals surface area (Å²) in [4.78, 5) is 22.0. The summed E-state index contributed by atoms with van der Waals surface area (Å²) in [6.07, 6.45) is 1.46. The van der Waals surface area contributed by atoms with Gasteiger partial charge in [-0.1, -0.05) is 42.5 Å². The van der Waals surface area contributed by atoms with Gasteiger partial charge in [0.2, 0.25) is 0 Å². The second kappa shape index (κ2) is 6.24. The first-order valence-corrected chi connectivity index (χ1v) is 5.80. The van der Waals surface area contributed by atoms with E-state index < -0.39 is 10.8 Å². The number of para-hydroxylation sites is 1. The number of carbonyl (C=O) groups is 1. The molecule has 0 aromatic heterocycles. The van der Waals surface area contributed by atoms with Crippen LogP contribution in [0.2, 0.25) is 0 Å². The molecule has 1 N–H and O–H groups in total. The fraction of sp³-hybridized carbons (Fsp3) is 0. The van der Waals surface area contributed by atoms with Gasteiger partial charge in [0.1, 0.15) is 5.56 Å². The highest BCUT2D eigenvalue weighted by atomic mass is 16.6. The summed E-state index contributed by atoms with van der Waals surface area (Å²) in [6.45, 7) is 0. The van der Waals surface area contributed by atoms with Gasteiger partial charge in [-0.3, -0.25) is 14.9 Å². The molecule has 2 aromatic rings. The molecular formula is C14H11N3O3. The predicted molar refractivity (Wildman–Crippen MR) is 74.6 cm³/mol. The Bertz CT molecular complexity index is 654. The lowest BCUT2D eigenvalue weighted by Crippen LogP contribution is -2.18. The van der Waals surface area contributed by atoms with Crippen molar-refractivity contribution in [1.29, 1.82) is 0 Å². The van der Waals surface area contributed by atoms with E-state index in [1.54, 1.807) is 6.07 Å². The van der Waals surface area contributed by atoms with Crippen LogP contribution in [0.15, 0.2) is 59.7 Å². The molecule has 0 fully saturated rings. The van der Waals surface area contributed by atoms with Crippen LogP contribution in [0.25, 0.3) is 0 Å². The molecule has 0 aliphatic rings. The van der Waals surface area contributed by atoms with E-state index in [9.17, 15) is 14.9 Å². The van der Waals surface area contributed by atoms with Crippen molar-refractivity contribution in [3.63, 3.8) is 0 Å². The molecule has 0 unspecified atom stereocenters. The summed E-state index contributed by atoms with van der Waals surface area (Å²) in [7, 11) is 0. The first kappa shape index (κ1) is 13.4. The zero-order valence-electron chi connectivity index (χ0n) is 10.4. The molecule has 0 radical (unpaired) electrons. The number of carbonyl (C=O) groups excluding carboxylic acids is 1. The molecular weight excluding hydrogens is 258 g/mol. The number of nitro groups is 1. The van der Waals surface area contributed by atoms with Gasteiger partial charge in [0.05, 0.1) is 11.1 Å². The van der Waals surface area contributed by atoms with Crippen LogP contribution in [0.5, 0.6) is 0 Å². The van der Waals surface area contributed by atoms with Crippen molar-refractivity contribution in [2.24, 2.45) is 5.10 Å². The number of hydrogen-bond donors (Lipinski definition) is 1. The summed E-state index contributed by atoms with van der Waals surface area (Å²) >= 11 is 0. The minimum atomic E-state index is -0.621. The molecule has 6 nitrogen and oxygen atoms in total. The largest absolute Gasteiger partial charge is 0.282 e. The Kier molecular flexibility index (Phi) is 4.18. The number of hydrogen-bond acceptors (Lipinski definition) is 4. The van der Waals surface area contributed by atoms with Crippen LogP contribution in [-0.4, -0.2) is 17.0 Å². The number of amides is 1. The van der Waals surface area contributed by atoms with Crippen LogP contribution in [0, 0.1) is 10.1 Å². The molecule has 0 aliphatic carbocycles. The molecule has 2 rings (SSSR count). The molecule has 6 heteroatoms. The second-order valence-electron chi connectivity index (χ2n) is 3.88. The Labute approximate surface area is 114 Å². The fourth-order valence-electron chi connectivity index (χ4n) is 1.59. The molecule has 0 heterocycles. The maximum Gasteiger partial charge on any atom is 0.282 e. The van der Waals surface area contributed by atoms with Crippen molar-refractivity contribution in [2.75, 3.05) is 0 Å². The molecule has 0 saturated carbocycles. The van der Waals surface area contributed by atoms with Crippen molar-refractivity contribution in [3.05, 3.63) is 75.8 Å². The number of nitrogens with one attached hydrogen (secondary N) is 1. The summed E-state index contributed by atoms with van der Waals surface area (Å²) in [6, 6.07) is 14.9. The van der Waals surface area contributed by atoms with Crippen molar-refractivity contribution in [2.45, 2.75) is 0 Å². The van der Waals surface area contributed by atoms with E-state index in [4.69, 9.17) is 0 Å². The van der Waals surface area contributed by atoms with Crippen LogP contribution >= 0.6 is 0 Å². The fourth-order valence-corrected chi connectivity index (χ4v) is 1.59. The Morgan fingerprint density at radius 2 is 1.75 bits per heavy atom. The molecule has 20 heavy (non-hydrogen) atoms. The van der Waals surface area contributed by atoms with E-state index in [0.717, 1.165) is 5.56 Å². The third kappa shape index (κ3) is 3.26. The smallest absolute Gasteiger partial charge is 0.267 e. The summed E-state index contributed by atoms with van der Waals surface area (Å²) in [5, 5.41) is 14.6. The third-order valence-corrected chi connectivity index (χ3v) is 2.52. The highest BCUT2D eigenvalue weighted by Crippen LogP contribution is 2.17. The van der Waals surface area contributed by atoms with E-state index >= 15 is 0 Å². The Hall–Kier alpha value is -3.02. The number of hydrazone groups is 1. The normalized spacial score (nSPS) is 10.4. The summed E-state index contributed by atoms with van der Waals surface area (Å²) in [5.74, 6) is -0.621. The predicted octanol–water partition coefficient (Wildman–Crippen LogP) is 2.36. The topological polar surface area (TPSA) is 84.6 Å². The van der Waals surface area contributed by atoms with Gasteiger partial charge in [0.15, 0.2) is 0 Å².